The molecule has 0 heterocycles. The van der Waals surface area contributed by atoms with Crippen LogP contribution in [-0.4, -0.2) is 59.0 Å². The fourth-order valence-electron chi connectivity index (χ4n) is 2.90. The van der Waals surface area contributed by atoms with E-state index in [0.717, 1.165) is 0 Å². The molecule has 1 amide bonds. The van der Waals surface area contributed by atoms with Crippen LogP contribution in [0.2, 0.25) is 0 Å². The van der Waals surface area contributed by atoms with Crippen molar-refractivity contribution in [2.45, 2.75) is 85.6 Å². The van der Waals surface area contributed by atoms with E-state index in [1.165, 1.54) is 7.11 Å². The van der Waals surface area contributed by atoms with E-state index in [2.05, 4.69) is 0 Å². The first-order chi connectivity index (χ1) is 9.56. The van der Waals surface area contributed by atoms with Crippen LogP contribution in [0.5, 0.6) is 0 Å². The maximum Gasteiger partial charge on any atom is 0.332 e. The molecule has 1 unspecified atom stereocenters. The minimum absolute atomic E-state index is 0.0332. The molecule has 0 rings (SSSR count). The third kappa shape index (κ3) is 4.99. The molecular weight excluding hydrogens is 268 g/mol. The highest BCUT2D eigenvalue weighted by atomic mass is 16.5. The number of nitrogens with zero attached hydrogens (tertiary/aromatic N) is 2. The molecule has 21 heavy (non-hydrogen) atoms. The molecular formula is C16H32N2O3. The fourth-order valence-corrected chi connectivity index (χ4v) is 2.90. The molecule has 0 saturated carbocycles. The number of esters is 1. The zero-order chi connectivity index (χ0) is 16.9. The van der Waals surface area contributed by atoms with Crippen molar-refractivity contribution in [3.05, 3.63) is 0 Å². The van der Waals surface area contributed by atoms with E-state index in [1.54, 1.807) is 4.90 Å². The van der Waals surface area contributed by atoms with Gasteiger partial charge < -0.3 is 9.64 Å². The van der Waals surface area contributed by atoms with E-state index < -0.39 is 12.0 Å². The van der Waals surface area contributed by atoms with Gasteiger partial charge in [0.05, 0.1) is 7.11 Å². The number of carbonyl (C=O) groups is 2. The standard InChI is InChI=1S/C16H32N2O3/c1-10(2)17(11(3)4)14(16(20)21-9)15(19)18(12(5)6)13(7)8/h10-14H,1-9H3. The topological polar surface area (TPSA) is 49.9 Å². The van der Waals surface area contributed by atoms with Crippen molar-refractivity contribution in [2.75, 3.05) is 7.11 Å². The summed E-state index contributed by atoms with van der Waals surface area (Å²) in [6.07, 6.45) is 0. The molecule has 0 fully saturated rings. The quantitative estimate of drug-likeness (QED) is 0.535. The molecule has 5 heteroatoms. The van der Waals surface area contributed by atoms with Crippen molar-refractivity contribution >= 4 is 11.9 Å². The lowest BCUT2D eigenvalue weighted by Crippen LogP contribution is -2.59. The van der Waals surface area contributed by atoms with Crippen molar-refractivity contribution < 1.29 is 14.3 Å². The van der Waals surface area contributed by atoms with Crippen molar-refractivity contribution in [1.29, 1.82) is 0 Å². The molecule has 5 nitrogen and oxygen atoms in total. The van der Waals surface area contributed by atoms with Crippen molar-refractivity contribution in [3.63, 3.8) is 0 Å². The Hall–Kier alpha value is -1.10. The average Bonchev–Trinajstić information content (AvgIpc) is 2.32. The van der Waals surface area contributed by atoms with Crippen LogP contribution in [0.4, 0.5) is 0 Å². The molecule has 0 aromatic heterocycles. The molecule has 0 aliphatic rings. The number of ether oxygens (including phenoxy) is 1. The molecule has 0 aliphatic carbocycles. The molecule has 0 aromatic rings. The van der Waals surface area contributed by atoms with Crippen LogP contribution in [0.3, 0.4) is 0 Å². The smallest absolute Gasteiger partial charge is 0.332 e. The van der Waals surface area contributed by atoms with E-state index >= 15 is 0 Å². The normalized spacial score (nSPS) is 13.4. The molecule has 0 radical (unpaired) electrons. The van der Waals surface area contributed by atoms with E-state index in [0.29, 0.717) is 0 Å². The lowest BCUT2D eigenvalue weighted by molar-refractivity contribution is -0.159. The Morgan fingerprint density at radius 3 is 1.38 bits per heavy atom. The molecule has 124 valence electrons. The summed E-state index contributed by atoms with van der Waals surface area (Å²) in [5.74, 6) is -0.678. The number of rotatable bonds is 7. The van der Waals surface area contributed by atoms with Crippen LogP contribution in [0, 0.1) is 0 Å². The van der Waals surface area contributed by atoms with Gasteiger partial charge >= 0.3 is 5.97 Å². The van der Waals surface area contributed by atoms with Crippen LogP contribution < -0.4 is 0 Å². The zero-order valence-corrected chi connectivity index (χ0v) is 15.0. The van der Waals surface area contributed by atoms with E-state index in [-0.39, 0.29) is 30.1 Å². The second kappa shape index (κ2) is 8.37. The minimum atomic E-state index is -0.889. The van der Waals surface area contributed by atoms with Gasteiger partial charge in [-0.15, -0.1) is 0 Å². The first kappa shape index (κ1) is 19.9. The van der Waals surface area contributed by atoms with Crippen molar-refractivity contribution in [2.24, 2.45) is 0 Å². The second-order valence-electron chi connectivity index (χ2n) is 6.49. The number of methoxy groups -OCH3 is 1. The SMILES string of the molecule is COC(=O)C(C(=O)N(C(C)C)C(C)C)N(C(C)C)C(C)C. The van der Waals surface area contributed by atoms with Gasteiger partial charge in [0.25, 0.3) is 5.91 Å². The van der Waals surface area contributed by atoms with E-state index in [4.69, 9.17) is 4.74 Å². The summed E-state index contributed by atoms with van der Waals surface area (Å²) < 4.78 is 4.90. The van der Waals surface area contributed by atoms with Crippen LogP contribution in [0.25, 0.3) is 0 Å². The summed E-state index contributed by atoms with van der Waals surface area (Å²) in [5, 5.41) is 0. The molecule has 0 aromatic carbocycles. The van der Waals surface area contributed by atoms with Gasteiger partial charge in [-0.05, 0) is 55.4 Å². The van der Waals surface area contributed by atoms with Crippen LogP contribution >= 0.6 is 0 Å². The van der Waals surface area contributed by atoms with Gasteiger partial charge in [-0.25, -0.2) is 4.79 Å². The van der Waals surface area contributed by atoms with Crippen LogP contribution in [0.15, 0.2) is 0 Å². The second-order valence-corrected chi connectivity index (χ2v) is 6.49. The van der Waals surface area contributed by atoms with Gasteiger partial charge in [-0.2, -0.15) is 0 Å². The van der Waals surface area contributed by atoms with Crippen molar-refractivity contribution in [3.8, 4) is 0 Å². The van der Waals surface area contributed by atoms with Gasteiger partial charge in [0.1, 0.15) is 0 Å². The maximum atomic E-state index is 13.0. The monoisotopic (exact) mass is 300 g/mol. The minimum Gasteiger partial charge on any atom is -0.467 e. The number of hydrogen-bond donors (Lipinski definition) is 0. The summed E-state index contributed by atoms with van der Waals surface area (Å²) >= 11 is 0. The average molecular weight is 300 g/mol. The first-order valence-electron chi connectivity index (χ1n) is 7.73. The predicted octanol–water partition coefficient (Wildman–Crippen LogP) is 2.29. The fraction of sp³-hybridized carbons (Fsp3) is 0.875. The Morgan fingerprint density at radius 2 is 1.14 bits per heavy atom. The summed E-state index contributed by atoms with van der Waals surface area (Å²) in [6.45, 7) is 15.8. The van der Waals surface area contributed by atoms with Gasteiger partial charge in [0.15, 0.2) is 6.04 Å². The predicted molar refractivity (Wildman–Crippen MR) is 85.0 cm³/mol. The van der Waals surface area contributed by atoms with Gasteiger partial charge in [-0.1, -0.05) is 0 Å². The Morgan fingerprint density at radius 1 is 0.762 bits per heavy atom. The lowest BCUT2D eigenvalue weighted by Gasteiger charge is -2.40. The molecule has 0 bridgehead atoms. The lowest BCUT2D eigenvalue weighted by atomic mass is 10.1. The van der Waals surface area contributed by atoms with Crippen LogP contribution in [0.1, 0.15) is 55.4 Å². The Bertz CT molecular complexity index is 335. The number of hydrogen-bond acceptors (Lipinski definition) is 4. The van der Waals surface area contributed by atoms with Gasteiger partial charge in [-0.3, -0.25) is 9.69 Å². The third-order valence-electron chi connectivity index (χ3n) is 3.52. The third-order valence-corrected chi connectivity index (χ3v) is 3.52. The number of carbonyl (C=O) groups excluding carboxylic acids is 2. The van der Waals surface area contributed by atoms with Gasteiger partial charge in [0, 0.05) is 24.2 Å². The molecule has 0 spiro atoms. The highest BCUT2D eigenvalue weighted by Gasteiger charge is 2.40. The highest BCUT2D eigenvalue weighted by molar-refractivity contribution is 6.02. The first-order valence-corrected chi connectivity index (χ1v) is 7.73. The Kier molecular flexibility index (Phi) is 7.93. The van der Waals surface area contributed by atoms with Gasteiger partial charge in [0.2, 0.25) is 0 Å². The zero-order valence-electron chi connectivity index (χ0n) is 15.0. The van der Waals surface area contributed by atoms with Crippen LogP contribution in [-0.2, 0) is 14.3 Å². The molecule has 1 atom stereocenters. The highest BCUT2D eigenvalue weighted by Crippen LogP contribution is 2.18. The summed E-state index contributed by atoms with van der Waals surface area (Å²) in [4.78, 5) is 28.9. The van der Waals surface area contributed by atoms with E-state index in [9.17, 15) is 9.59 Å². The Labute approximate surface area is 129 Å². The Balaban J connectivity index is 5.70. The summed E-state index contributed by atoms with van der Waals surface area (Å²) in [7, 11) is 1.33. The van der Waals surface area contributed by atoms with Crippen molar-refractivity contribution in [1.82, 2.24) is 9.80 Å². The number of amides is 1. The molecule has 0 aliphatic heterocycles. The summed E-state index contributed by atoms with van der Waals surface area (Å²) in [5.41, 5.74) is 0. The molecule has 0 saturated heterocycles. The summed E-state index contributed by atoms with van der Waals surface area (Å²) in [6, 6.07) is -0.685. The van der Waals surface area contributed by atoms with E-state index in [1.807, 2.05) is 60.3 Å². The maximum absolute atomic E-state index is 13.0. The molecule has 0 N–H and O–H groups in total. The largest absolute Gasteiger partial charge is 0.467 e.